The predicted molar refractivity (Wildman–Crippen MR) is 83.8 cm³/mol. The Balaban J connectivity index is 2.40. The van der Waals surface area contributed by atoms with Crippen LogP contribution in [0.25, 0.3) is 0 Å². The molecule has 3 nitrogen and oxygen atoms in total. The molecule has 1 aliphatic heterocycles. The van der Waals surface area contributed by atoms with Gasteiger partial charge in [-0.05, 0) is 44.4 Å². The largest absolute Gasteiger partial charge is 0.309 e. The maximum Gasteiger partial charge on any atom is 0.155 e. The van der Waals surface area contributed by atoms with E-state index in [0.29, 0.717) is 5.75 Å². The van der Waals surface area contributed by atoms with E-state index in [9.17, 15) is 8.42 Å². The normalized spacial score (nSPS) is 23.4. The van der Waals surface area contributed by atoms with Crippen molar-refractivity contribution in [1.29, 1.82) is 0 Å². The highest BCUT2D eigenvalue weighted by Gasteiger charge is 2.36. The van der Waals surface area contributed by atoms with E-state index in [-0.39, 0.29) is 11.3 Å². The first-order valence-electron chi connectivity index (χ1n) is 7.48. The maximum atomic E-state index is 12.4. The lowest BCUT2D eigenvalue weighted by Gasteiger charge is -2.32. The van der Waals surface area contributed by atoms with E-state index < -0.39 is 9.84 Å². The number of rotatable bonds is 4. The van der Waals surface area contributed by atoms with Crippen molar-refractivity contribution in [3.8, 4) is 0 Å². The summed E-state index contributed by atoms with van der Waals surface area (Å²) in [6.45, 7) is 6.95. The Labute approximate surface area is 122 Å². The lowest BCUT2D eigenvalue weighted by molar-refractivity contribution is 0.453. The van der Waals surface area contributed by atoms with E-state index in [0.717, 1.165) is 31.4 Å². The highest BCUT2D eigenvalue weighted by Crippen LogP contribution is 2.32. The topological polar surface area (TPSA) is 46.2 Å². The molecule has 1 aromatic rings. The van der Waals surface area contributed by atoms with Gasteiger partial charge in [0.25, 0.3) is 0 Å². The van der Waals surface area contributed by atoms with Crippen LogP contribution in [0.1, 0.15) is 48.9 Å². The fourth-order valence-corrected chi connectivity index (χ4v) is 5.28. The van der Waals surface area contributed by atoms with Crippen LogP contribution in [0, 0.1) is 13.8 Å². The van der Waals surface area contributed by atoms with E-state index >= 15 is 0 Å². The summed E-state index contributed by atoms with van der Waals surface area (Å²) in [6, 6.07) is 6.21. The summed E-state index contributed by atoms with van der Waals surface area (Å²) in [6.07, 6.45) is 2.59. The van der Waals surface area contributed by atoms with E-state index in [1.54, 1.807) is 0 Å². The average molecular weight is 295 g/mol. The van der Waals surface area contributed by atoms with E-state index in [4.69, 9.17) is 0 Å². The summed E-state index contributed by atoms with van der Waals surface area (Å²) in [5.74, 6) is 0.338. The first kappa shape index (κ1) is 15.5. The number of nitrogens with one attached hydrogen (secondary N) is 1. The van der Waals surface area contributed by atoms with Gasteiger partial charge in [-0.2, -0.15) is 0 Å². The summed E-state index contributed by atoms with van der Waals surface area (Å²) in [5.41, 5.74) is 3.53. The monoisotopic (exact) mass is 295 g/mol. The molecule has 1 aromatic carbocycles. The van der Waals surface area contributed by atoms with Gasteiger partial charge in [-0.1, -0.05) is 37.1 Å². The van der Waals surface area contributed by atoms with Crippen molar-refractivity contribution >= 4 is 9.84 Å². The molecule has 0 aliphatic carbocycles. The molecular weight excluding hydrogens is 270 g/mol. The van der Waals surface area contributed by atoms with E-state index in [1.165, 1.54) is 11.1 Å². The van der Waals surface area contributed by atoms with E-state index in [1.807, 2.05) is 6.92 Å². The van der Waals surface area contributed by atoms with Crippen LogP contribution in [0.2, 0.25) is 0 Å². The van der Waals surface area contributed by atoms with Crippen molar-refractivity contribution in [3.05, 3.63) is 34.9 Å². The van der Waals surface area contributed by atoms with Crippen molar-refractivity contribution in [3.63, 3.8) is 0 Å². The zero-order chi connectivity index (χ0) is 14.8. The van der Waals surface area contributed by atoms with Crippen LogP contribution < -0.4 is 5.32 Å². The fraction of sp³-hybridized carbons (Fsp3) is 0.625. The van der Waals surface area contributed by atoms with Crippen molar-refractivity contribution in [1.82, 2.24) is 5.32 Å². The van der Waals surface area contributed by atoms with Crippen molar-refractivity contribution in [2.45, 2.75) is 51.3 Å². The first-order chi connectivity index (χ1) is 9.45. The average Bonchev–Trinajstić information content (AvgIpc) is 2.37. The van der Waals surface area contributed by atoms with Crippen LogP contribution in [-0.2, 0) is 9.84 Å². The summed E-state index contributed by atoms with van der Waals surface area (Å²) in [5, 5.41) is 3.13. The highest BCUT2D eigenvalue weighted by atomic mass is 32.2. The fourth-order valence-electron chi connectivity index (χ4n) is 3.19. The molecule has 2 unspecified atom stereocenters. The van der Waals surface area contributed by atoms with Gasteiger partial charge in [-0.25, -0.2) is 8.42 Å². The molecule has 1 saturated heterocycles. The number of aryl methyl sites for hydroxylation is 2. The minimum Gasteiger partial charge on any atom is -0.309 e. The number of benzene rings is 1. The zero-order valence-electron chi connectivity index (χ0n) is 12.6. The Morgan fingerprint density at radius 1 is 1.30 bits per heavy atom. The van der Waals surface area contributed by atoms with Gasteiger partial charge in [-0.3, -0.25) is 0 Å². The van der Waals surface area contributed by atoms with Crippen LogP contribution in [0.5, 0.6) is 0 Å². The molecule has 0 bridgehead atoms. The molecule has 0 saturated carbocycles. The molecule has 4 heteroatoms. The molecule has 1 N–H and O–H groups in total. The third-order valence-corrected chi connectivity index (χ3v) is 6.47. The second kappa shape index (κ2) is 6.27. The SMILES string of the molecule is CCNC(c1ccc(C)cc1C)C1CCCCS1(=O)=O. The molecular formula is C16H25NO2S. The first-order valence-corrected chi connectivity index (χ1v) is 9.19. The number of sulfone groups is 1. The van der Waals surface area contributed by atoms with Crippen LogP contribution in [0.15, 0.2) is 18.2 Å². The third kappa shape index (κ3) is 3.23. The molecule has 0 aromatic heterocycles. The maximum absolute atomic E-state index is 12.4. The summed E-state index contributed by atoms with van der Waals surface area (Å²) >= 11 is 0. The predicted octanol–water partition coefficient (Wildman–Crippen LogP) is 2.92. The molecule has 0 spiro atoms. The molecule has 2 rings (SSSR count). The third-order valence-electron chi connectivity index (χ3n) is 4.18. The molecule has 1 aliphatic rings. The zero-order valence-corrected chi connectivity index (χ0v) is 13.5. The van der Waals surface area contributed by atoms with Crippen molar-refractivity contribution < 1.29 is 8.42 Å². The lowest BCUT2D eigenvalue weighted by atomic mass is 9.94. The minimum atomic E-state index is -2.98. The quantitative estimate of drug-likeness (QED) is 0.929. The molecule has 1 fully saturated rings. The summed E-state index contributed by atoms with van der Waals surface area (Å²) < 4.78 is 24.8. The van der Waals surface area contributed by atoms with E-state index in [2.05, 4.69) is 37.4 Å². The minimum absolute atomic E-state index is 0.0779. The van der Waals surface area contributed by atoms with Gasteiger partial charge in [0.15, 0.2) is 9.84 Å². The second-order valence-corrected chi connectivity index (χ2v) is 8.14. The number of hydrogen-bond acceptors (Lipinski definition) is 3. The molecule has 0 radical (unpaired) electrons. The van der Waals surface area contributed by atoms with Gasteiger partial charge >= 0.3 is 0 Å². The van der Waals surface area contributed by atoms with Gasteiger partial charge in [-0.15, -0.1) is 0 Å². The standard InChI is InChI=1S/C16H25NO2S/c1-4-17-16(14-9-8-12(2)11-13(14)3)15-7-5-6-10-20(15,18)19/h8-9,11,15-17H,4-7,10H2,1-3H3. The van der Waals surface area contributed by atoms with Gasteiger partial charge in [0, 0.05) is 6.04 Å². The number of hydrogen-bond donors (Lipinski definition) is 1. The molecule has 20 heavy (non-hydrogen) atoms. The van der Waals surface area contributed by atoms with Crippen LogP contribution in [0.3, 0.4) is 0 Å². The van der Waals surface area contributed by atoms with Crippen LogP contribution >= 0.6 is 0 Å². The van der Waals surface area contributed by atoms with Crippen molar-refractivity contribution in [2.75, 3.05) is 12.3 Å². The van der Waals surface area contributed by atoms with Crippen molar-refractivity contribution in [2.24, 2.45) is 0 Å². The smallest absolute Gasteiger partial charge is 0.155 e. The van der Waals surface area contributed by atoms with Gasteiger partial charge in [0.05, 0.1) is 11.0 Å². The summed E-state index contributed by atoms with van der Waals surface area (Å²) in [7, 11) is -2.98. The lowest BCUT2D eigenvalue weighted by Crippen LogP contribution is -2.40. The van der Waals surface area contributed by atoms with Gasteiger partial charge < -0.3 is 5.32 Å². The highest BCUT2D eigenvalue weighted by molar-refractivity contribution is 7.92. The summed E-state index contributed by atoms with van der Waals surface area (Å²) in [4.78, 5) is 0. The molecule has 112 valence electrons. The Bertz CT molecular complexity index is 566. The Hall–Kier alpha value is -0.870. The van der Waals surface area contributed by atoms with Gasteiger partial charge in [0.1, 0.15) is 0 Å². The Morgan fingerprint density at radius 3 is 2.65 bits per heavy atom. The molecule has 0 amide bonds. The van der Waals surface area contributed by atoms with Crippen LogP contribution in [-0.4, -0.2) is 26.0 Å². The second-order valence-electron chi connectivity index (χ2n) is 5.80. The molecule has 1 heterocycles. The van der Waals surface area contributed by atoms with Crippen LogP contribution in [0.4, 0.5) is 0 Å². The van der Waals surface area contributed by atoms with Gasteiger partial charge in [0.2, 0.25) is 0 Å². The Kier molecular flexibility index (Phi) is 4.86. The molecule has 2 atom stereocenters. The Morgan fingerprint density at radius 2 is 2.05 bits per heavy atom.